The van der Waals surface area contributed by atoms with E-state index in [9.17, 15) is 18.0 Å². The first-order valence-electron chi connectivity index (χ1n) is 7.49. The van der Waals surface area contributed by atoms with Gasteiger partial charge in [0.15, 0.2) is 5.69 Å². The molecular formula is C15H19ClF3N5O2. The van der Waals surface area contributed by atoms with Crippen molar-refractivity contribution in [2.75, 3.05) is 33.4 Å². The summed E-state index contributed by atoms with van der Waals surface area (Å²) >= 11 is 0. The third-order valence-electron chi connectivity index (χ3n) is 3.23. The van der Waals surface area contributed by atoms with Crippen molar-refractivity contribution in [3.05, 3.63) is 41.7 Å². The molecule has 7 nitrogen and oxygen atoms in total. The van der Waals surface area contributed by atoms with Crippen LogP contribution in [0.1, 0.15) is 16.1 Å². The Balaban J connectivity index is 0.00000338. The minimum Gasteiger partial charge on any atom is -0.383 e. The summed E-state index contributed by atoms with van der Waals surface area (Å²) in [6.45, 7) is 2.16. The van der Waals surface area contributed by atoms with Crippen LogP contribution in [-0.4, -0.2) is 54.3 Å². The van der Waals surface area contributed by atoms with Gasteiger partial charge in [0, 0.05) is 26.7 Å². The molecule has 0 aliphatic carbocycles. The van der Waals surface area contributed by atoms with Crippen LogP contribution in [0.25, 0.3) is 5.69 Å². The lowest BCUT2D eigenvalue weighted by Crippen LogP contribution is -2.33. The van der Waals surface area contributed by atoms with Crippen molar-refractivity contribution in [1.29, 1.82) is 0 Å². The van der Waals surface area contributed by atoms with E-state index in [1.165, 1.54) is 18.3 Å². The number of nitrogens with one attached hydrogen (secondary N) is 2. The number of aromatic nitrogens is 3. The van der Waals surface area contributed by atoms with E-state index in [0.29, 0.717) is 26.2 Å². The molecule has 0 saturated heterocycles. The first-order valence-corrected chi connectivity index (χ1v) is 7.49. The SMILES string of the molecule is COCCNCCNC(=O)c1cn(-c2cccc(C(F)(F)F)c2)nn1.Cl. The third kappa shape index (κ3) is 6.28. The highest BCUT2D eigenvalue weighted by Crippen LogP contribution is 2.30. The van der Waals surface area contributed by atoms with E-state index in [4.69, 9.17) is 4.74 Å². The Labute approximate surface area is 154 Å². The third-order valence-corrected chi connectivity index (χ3v) is 3.23. The Kier molecular flexibility index (Phi) is 8.49. The van der Waals surface area contributed by atoms with Gasteiger partial charge in [0.25, 0.3) is 5.91 Å². The number of benzene rings is 1. The Morgan fingerprint density at radius 3 is 2.73 bits per heavy atom. The van der Waals surface area contributed by atoms with E-state index >= 15 is 0 Å². The summed E-state index contributed by atoms with van der Waals surface area (Å²) in [5, 5.41) is 13.1. The first-order chi connectivity index (χ1) is 11.9. The molecule has 26 heavy (non-hydrogen) atoms. The first kappa shape index (κ1) is 21.9. The Morgan fingerprint density at radius 2 is 2.04 bits per heavy atom. The lowest BCUT2D eigenvalue weighted by molar-refractivity contribution is -0.137. The Hall–Kier alpha value is -2.17. The summed E-state index contributed by atoms with van der Waals surface area (Å²) in [7, 11) is 1.59. The molecular weight excluding hydrogens is 375 g/mol. The van der Waals surface area contributed by atoms with Crippen molar-refractivity contribution in [1.82, 2.24) is 25.6 Å². The van der Waals surface area contributed by atoms with E-state index in [-0.39, 0.29) is 23.8 Å². The van der Waals surface area contributed by atoms with Gasteiger partial charge in [0.1, 0.15) is 0 Å². The molecule has 0 radical (unpaired) electrons. The predicted molar refractivity (Wildman–Crippen MR) is 90.7 cm³/mol. The zero-order valence-electron chi connectivity index (χ0n) is 13.9. The van der Waals surface area contributed by atoms with Gasteiger partial charge in [-0.2, -0.15) is 13.2 Å². The summed E-state index contributed by atoms with van der Waals surface area (Å²) in [6, 6.07) is 4.62. The predicted octanol–water partition coefficient (Wildman–Crippen LogP) is 1.67. The monoisotopic (exact) mass is 393 g/mol. The van der Waals surface area contributed by atoms with Gasteiger partial charge in [-0.05, 0) is 18.2 Å². The number of hydrogen-bond donors (Lipinski definition) is 2. The number of rotatable bonds is 8. The Bertz CT molecular complexity index is 709. The largest absolute Gasteiger partial charge is 0.416 e. The van der Waals surface area contributed by atoms with Gasteiger partial charge in [0.05, 0.1) is 24.1 Å². The van der Waals surface area contributed by atoms with E-state index in [2.05, 4.69) is 20.9 Å². The van der Waals surface area contributed by atoms with Gasteiger partial charge in [-0.25, -0.2) is 4.68 Å². The van der Waals surface area contributed by atoms with Gasteiger partial charge in [-0.1, -0.05) is 11.3 Å². The minimum absolute atomic E-state index is 0. The van der Waals surface area contributed by atoms with E-state index < -0.39 is 17.6 Å². The molecule has 1 heterocycles. The van der Waals surface area contributed by atoms with Crippen molar-refractivity contribution in [2.24, 2.45) is 0 Å². The van der Waals surface area contributed by atoms with E-state index in [0.717, 1.165) is 16.8 Å². The fourth-order valence-electron chi connectivity index (χ4n) is 1.97. The molecule has 0 fully saturated rings. The second-order valence-corrected chi connectivity index (χ2v) is 5.10. The van der Waals surface area contributed by atoms with Crippen LogP contribution in [0.3, 0.4) is 0 Å². The molecule has 2 N–H and O–H groups in total. The number of carbonyl (C=O) groups excluding carboxylic acids is 1. The number of ether oxygens (including phenoxy) is 1. The molecule has 0 spiro atoms. The van der Waals surface area contributed by atoms with Crippen molar-refractivity contribution in [3.8, 4) is 5.69 Å². The molecule has 2 aromatic rings. The number of nitrogens with zero attached hydrogens (tertiary/aromatic N) is 3. The van der Waals surface area contributed by atoms with E-state index in [1.54, 1.807) is 7.11 Å². The number of amides is 1. The zero-order valence-corrected chi connectivity index (χ0v) is 14.7. The maximum atomic E-state index is 12.7. The molecule has 0 unspecified atom stereocenters. The number of hydrogen-bond acceptors (Lipinski definition) is 5. The topological polar surface area (TPSA) is 81.1 Å². The molecule has 0 bridgehead atoms. The lowest BCUT2D eigenvalue weighted by Gasteiger charge is -2.08. The van der Waals surface area contributed by atoms with Gasteiger partial charge in [-0.3, -0.25) is 4.79 Å². The van der Waals surface area contributed by atoms with Gasteiger partial charge in [0.2, 0.25) is 0 Å². The second kappa shape index (κ2) is 10.1. The molecule has 11 heteroatoms. The number of methoxy groups -OCH3 is 1. The zero-order chi connectivity index (χ0) is 18.3. The Morgan fingerprint density at radius 1 is 1.27 bits per heavy atom. The average molecular weight is 394 g/mol. The van der Waals surface area contributed by atoms with Crippen LogP contribution in [0.15, 0.2) is 30.5 Å². The minimum atomic E-state index is -4.45. The summed E-state index contributed by atoms with van der Waals surface area (Å²) in [5.74, 6) is -0.452. The summed E-state index contributed by atoms with van der Waals surface area (Å²) in [4.78, 5) is 11.9. The standard InChI is InChI=1S/C15H18F3N5O2.ClH/c1-25-8-7-19-5-6-20-14(24)13-10-23(22-21-13)12-4-2-3-11(9-12)15(16,17)18;/h2-4,9-10,19H,5-8H2,1H3,(H,20,24);1H. The van der Waals surface area contributed by atoms with Crippen molar-refractivity contribution in [3.63, 3.8) is 0 Å². The van der Waals surface area contributed by atoms with Crippen LogP contribution in [0.4, 0.5) is 13.2 Å². The van der Waals surface area contributed by atoms with Gasteiger partial charge in [-0.15, -0.1) is 17.5 Å². The highest BCUT2D eigenvalue weighted by atomic mass is 35.5. The average Bonchev–Trinajstić information content (AvgIpc) is 3.07. The maximum Gasteiger partial charge on any atom is 0.416 e. The molecule has 0 saturated carbocycles. The van der Waals surface area contributed by atoms with Crippen molar-refractivity contribution < 1.29 is 22.7 Å². The van der Waals surface area contributed by atoms with Gasteiger partial charge < -0.3 is 15.4 Å². The van der Waals surface area contributed by atoms with Crippen LogP contribution in [0.2, 0.25) is 0 Å². The molecule has 0 aliphatic heterocycles. The molecule has 1 amide bonds. The normalized spacial score (nSPS) is 11.1. The quantitative estimate of drug-likeness (QED) is 0.667. The molecule has 144 valence electrons. The molecule has 1 aromatic heterocycles. The fraction of sp³-hybridized carbons (Fsp3) is 0.400. The number of carbonyl (C=O) groups is 1. The van der Waals surface area contributed by atoms with Crippen LogP contribution in [0, 0.1) is 0 Å². The van der Waals surface area contributed by atoms with Crippen molar-refractivity contribution >= 4 is 18.3 Å². The van der Waals surface area contributed by atoms with Crippen molar-refractivity contribution in [2.45, 2.75) is 6.18 Å². The molecule has 2 rings (SSSR count). The van der Waals surface area contributed by atoms with Gasteiger partial charge >= 0.3 is 6.18 Å². The second-order valence-electron chi connectivity index (χ2n) is 5.10. The highest BCUT2D eigenvalue weighted by molar-refractivity contribution is 5.91. The van der Waals surface area contributed by atoms with Crippen LogP contribution in [-0.2, 0) is 10.9 Å². The maximum absolute atomic E-state index is 12.7. The molecule has 0 atom stereocenters. The summed E-state index contributed by atoms with van der Waals surface area (Å²) in [5.41, 5.74) is -0.606. The van der Waals surface area contributed by atoms with Crippen LogP contribution in [0.5, 0.6) is 0 Å². The smallest absolute Gasteiger partial charge is 0.383 e. The van der Waals surface area contributed by atoms with Crippen LogP contribution >= 0.6 is 12.4 Å². The fourth-order valence-corrected chi connectivity index (χ4v) is 1.97. The lowest BCUT2D eigenvalue weighted by atomic mass is 10.2. The summed E-state index contributed by atoms with van der Waals surface area (Å²) < 4.78 is 44.2. The molecule has 1 aromatic carbocycles. The number of alkyl halides is 3. The summed E-state index contributed by atoms with van der Waals surface area (Å²) in [6.07, 6.45) is -3.17. The van der Waals surface area contributed by atoms with Crippen LogP contribution < -0.4 is 10.6 Å². The van der Waals surface area contributed by atoms with E-state index in [1.807, 2.05) is 0 Å². The molecule has 0 aliphatic rings. The highest BCUT2D eigenvalue weighted by Gasteiger charge is 2.30. The number of halogens is 4.